The molecule has 1 amide bonds. The zero-order valence-corrected chi connectivity index (χ0v) is 15.6. The van der Waals surface area contributed by atoms with Gasteiger partial charge in [-0.05, 0) is 24.6 Å². The summed E-state index contributed by atoms with van der Waals surface area (Å²) in [6.45, 7) is 1.64. The number of non-ortho nitro benzene ring substituents is 1. The average Bonchev–Trinajstić information content (AvgIpc) is 2.66. The molecule has 0 radical (unpaired) electrons. The van der Waals surface area contributed by atoms with E-state index in [1.54, 1.807) is 25.1 Å². The van der Waals surface area contributed by atoms with Crippen molar-refractivity contribution in [3.05, 3.63) is 63.2 Å². The lowest BCUT2D eigenvalue weighted by atomic mass is 10.0. The van der Waals surface area contributed by atoms with Crippen LogP contribution in [0.3, 0.4) is 0 Å². The Morgan fingerprint density at radius 3 is 2.46 bits per heavy atom. The number of hydrogen-bond acceptors (Lipinski definition) is 6. The van der Waals surface area contributed by atoms with E-state index < -0.39 is 29.3 Å². The number of nitro benzene ring substituents is 1. The minimum Gasteiger partial charge on any atom is -0.497 e. The van der Waals surface area contributed by atoms with E-state index in [2.05, 4.69) is 5.32 Å². The highest BCUT2D eigenvalue weighted by molar-refractivity contribution is 5.96. The number of nitro groups is 1. The molecule has 2 aromatic rings. The number of carboxylic acid groups (broad SMARTS) is 1. The van der Waals surface area contributed by atoms with Gasteiger partial charge in [0.05, 0.1) is 31.6 Å². The lowest BCUT2D eigenvalue weighted by Gasteiger charge is -2.21. The number of ether oxygens (including phenoxy) is 2. The van der Waals surface area contributed by atoms with Gasteiger partial charge in [0.2, 0.25) is 0 Å². The molecule has 148 valence electrons. The van der Waals surface area contributed by atoms with Crippen LogP contribution in [0.2, 0.25) is 0 Å². The Labute approximate surface area is 161 Å². The maximum Gasteiger partial charge on any atom is 0.305 e. The third kappa shape index (κ3) is 4.76. The largest absolute Gasteiger partial charge is 0.497 e. The van der Waals surface area contributed by atoms with E-state index in [9.17, 15) is 24.8 Å². The second-order valence-electron chi connectivity index (χ2n) is 5.99. The quantitative estimate of drug-likeness (QED) is 0.525. The van der Waals surface area contributed by atoms with Crippen molar-refractivity contribution in [1.82, 2.24) is 5.32 Å². The van der Waals surface area contributed by atoms with Gasteiger partial charge in [0, 0.05) is 29.3 Å². The van der Waals surface area contributed by atoms with Gasteiger partial charge < -0.3 is 19.9 Å². The van der Waals surface area contributed by atoms with Crippen LogP contribution in [-0.4, -0.2) is 36.1 Å². The molecule has 2 N–H and O–H groups in total. The zero-order chi connectivity index (χ0) is 20.8. The molecule has 9 heteroatoms. The normalized spacial score (nSPS) is 11.4. The monoisotopic (exact) mass is 388 g/mol. The molecule has 28 heavy (non-hydrogen) atoms. The minimum atomic E-state index is -1.13. The molecule has 2 rings (SSSR count). The Morgan fingerprint density at radius 2 is 1.89 bits per heavy atom. The number of benzene rings is 2. The van der Waals surface area contributed by atoms with Crippen molar-refractivity contribution in [1.29, 1.82) is 0 Å². The van der Waals surface area contributed by atoms with Crippen molar-refractivity contribution in [2.45, 2.75) is 19.4 Å². The molecular weight excluding hydrogens is 368 g/mol. The van der Waals surface area contributed by atoms with Crippen LogP contribution < -0.4 is 14.8 Å². The first-order valence-electron chi connectivity index (χ1n) is 8.26. The molecule has 0 aromatic heterocycles. The lowest BCUT2D eigenvalue weighted by molar-refractivity contribution is -0.384. The number of carboxylic acids is 1. The molecule has 0 aliphatic carbocycles. The molecule has 2 aromatic carbocycles. The fourth-order valence-corrected chi connectivity index (χ4v) is 2.72. The van der Waals surface area contributed by atoms with Crippen molar-refractivity contribution in [2.24, 2.45) is 0 Å². The van der Waals surface area contributed by atoms with E-state index in [0.717, 1.165) is 6.07 Å². The molecule has 0 heterocycles. The SMILES string of the molecule is COc1ccc(C(CC(=O)O)NC(=O)c2cc([N+](=O)[O-])ccc2C)c(OC)c1. The van der Waals surface area contributed by atoms with Crippen molar-refractivity contribution in [3.63, 3.8) is 0 Å². The summed E-state index contributed by atoms with van der Waals surface area (Å²) in [7, 11) is 2.90. The van der Waals surface area contributed by atoms with Crippen molar-refractivity contribution in [3.8, 4) is 11.5 Å². The fourth-order valence-electron chi connectivity index (χ4n) is 2.72. The predicted octanol–water partition coefficient (Wildman–Crippen LogP) is 2.87. The summed E-state index contributed by atoms with van der Waals surface area (Å²) in [4.78, 5) is 34.5. The van der Waals surface area contributed by atoms with E-state index in [-0.39, 0.29) is 11.3 Å². The number of aryl methyl sites for hydroxylation is 1. The summed E-state index contributed by atoms with van der Waals surface area (Å²) in [6, 6.07) is 7.82. The van der Waals surface area contributed by atoms with Crippen LogP contribution in [0.1, 0.15) is 33.9 Å². The summed E-state index contributed by atoms with van der Waals surface area (Å²) in [6.07, 6.45) is -0.400. The maximum absolute atomic E-state index is 12.7. The van der Waals surface area contributed by atoms with Crippen LogP contribution in [0.5, 0.6) is 11.5 Å². The van der Waals surface area contributed by atoms with Gasteiger partial charge in [-0.15, -0.1) is 0 Å². The van der Waals surface area contributed by atoms with Gasteiger partial charge in [-0.3, -0.25) is 19.7 Å². The van der Waals surface area contributed by atoms with E-state index >= 15 is 0 Å². The smallest absolute Gasteiger partial charge is 0.305 e. The van der Waals surface area contributed by atoms with Gasteiger partial charge in [-0.2, -0.15) is 0 Å². The first-order valence-corrected chi connectivity index (χ1v) is 8.26. The number of amides is 1. The van der Waals surface area contributed by atoms with Crippen LogP contribution in [0.25, 0.3) is 0 Å². The van der Waals surface area contributed by atoms with Gasteiger partial charge in [0.25, 0.3) is 11.6 Å². The Hall–Kier alpha value is -3.62. The Bertz CT molecular complexity index is 911. The van der Waals surface area contributed by atoms with E-state index in [1.807, 2.05) is 0 Å². The second-order valence-corrected chi connectivity index (χ2v) is 5.99. The highest BCUT2D eigenvalue weighted by Gasteiger charge is 2.24. The summed E-state index contributed by atoms with van der Waals surface area (Å²) in [5.41, 5.74) is 0.839. The molecule has 1 atom stereocenters. The number of rotatable bonds is 8. The first kappa shape index (κ1) is 20.7. The standard InChI is InChI=1S/C19H20N2O7/c1-11-4-5-12(21(25)26)8-15(11)19(24)20-16(10-18(22)23)14-7-6-13(27-2)9-17(14)28-3/h4-9,16H,10H2,1-3H3,(H,20,24)(H,22,23). The maximum atomic E-state index is 12.7. The highest BCUT2D eigenvalue weighted by atomic mass is 16.6. The molecule has 0 bridgehead atoms. The van der Waals surface area contributed by atoms with E-state index in [4.69, 9.17) is 9.47 Å². The van der Waals surface area contributed by atoms with Crippen LogP contribution in [0.4, 0.5) is 5.69 Å². The van der Waals surface area contributed by atoms with Crippen molar-refractivity contribution in [2.75, 3.05) is 14.2 Å². The average molecular weight is 388 g/mol. The first-order chi connectivity index (χ1) is 13.3. The number of carbonyl (C=O) groups is 2. The molecule has 0 aliphatic rings. The summed E-state index contributed by atoms with van der Waals surface area (Å²) >= 11 is 0. The molecule has 0 aliphatic heterocycles. The van der Waals surface area contributed by atoms with Gasteiger partial charge in [-0.25, -0.2) is 0 Å². The second kappa shape index (κ2) is 8.85. The molecule has 9 nitrogen and oxygen atoms in total. The molecule has 0 spiro atoms. The van der Waals surface area contributed by atoms with Crippen LogP contribution in [-0.2, 0) is 4.79 Å². The van der Waals surface area contributed by atoms with Crippen LogP contribution >= 0.6 is 0 Å². The van der Waals surface area contributed by atoms with Crippen molar-refractivity contribution < 1.29 is 29.1 Å². The summed E-state index contributed by atoms with van der Waals surface area (Å²) < 4.78 is 10.4. The molecule has 0 saturated heterocycles. The Morgan fingerprint density at radius 1 is 1.18 bits per heavy atom. The summed E-state index contributed by atoms with van der Waals surface area (Å²) in [5, 5.41) is 22.9. The molecule has 0 saturated carbocycles. The van der Waals surface area contributed by atoms with E-state index in [0.29, 0.717) is 22.6 Å². The molecule has 1 unspecified atom stereocenters. The van der Waals surface area contributed by atoms with Gasteiger partial charge in [-0.1, -0.05) is 6.07 Å². The van der Waals surface area contributed by atoms with Crippen LogP contribution in [0.15, 0.2) is 36.4 Å². The predicted molar refractivity (Wildman–Crippen MR) is 99.8 cm³/mol. The number of nitrogens with one attached hydrogen (secondary N) is 1. The van der Waals surface area contributed by atoms with Crippen LogP contribution in [0, 0.1) is 17.0 Å². The Balaban J connectivity index is 2.40. The fraction of sp³-hybridized carbons (Fsp3) is 0.263. The molecular formula is C19H20N2O7. The zero-order valence-electron chi connectivity index (χ0n) is 15.6. The van der Waals surface area contributed by atoms with Gasteiger partial charge >= 0.3 is 5.97 Å². The number of nitrogens with zero attached hydrogens (tertiary/aromatic N) is 1. The lowest BCUT2D eigenvalue weighted by Crippen LogP contribution is -2.31. The van der Waals surface area contributed by atoms with Crippen molar-refractivity contribution >= 4 is 17.6 Å². The third-order valence-electron chi connectivity index (χ3n) is 4.18. The number of methoxy groups -OCH3 is 2. The number of hydrogen-bond donors (Lipinski definition) is 2. The number of aliphatic carboxylic acids is 1. The highest BCUT2D eigenvalue weighted by Crippen LogP contribution is 2.31. The Kier molecular flexibility index (Phi) is 6.54. The topological polar surface area (TPSA) is 128 Å². The number of carbonyl (C=O) groups excluding carboxylic acids is 1. The van der Waals surface area contributed by atoms with Gasteiger partial charge in [0.1, 0.15) is 11.5 Å². The van der Waals surface area contributed by atoms with Gasteiger partial charge in [0.15, 0.2) is 0 Å². The van der Waals surface area contributed by atoms with E-state index in [1.165, 1.54) is 26.4 Å². The molecule has 0 fully saturated rings. The summed E-state index contributed by atoms with van der Waals surface area (Å²) in [5.74, 6) is -0.888. The minimum absolute atomic E-state index is 0.0945. The third-order valence-corrected chi connectivity index (χ3v) is 4.18.